The van der Waals surface area contributed by atoms with E-state index in [2.05, 4.69) is 38.5 Å². The van der Waals surface area contributed by atoms with Gasteiger partial charge in [0.05, 0.1) is 16.8 Å². The molecule has 110 valence electrons. The minimum atomic E-state index is -0.325. The number of morpholine rings is 1. The number of hydrogen-bond donors (Lipinski definition) is 0. The first-order valence-corrected chi connectivity index (χ1v) is 8.41. The van der Waals surface area contributed by atoms with E-state index in [1.807, 2.05) is 50.8 Å². The summed E-state index contributed by atoms with van der Waals surface area (Å²) in [5.41, 5.74) is 0.0949. The number of carbonyl (C=O) groups excluding carboxylic acids is 1. The summed E-state index contributed by atoms with van der Waals surface area (Å²) in [5.74, 6) is 0.0696. The Morgan fingerprint density at radius 3 is 2.35 bits per heavy atom. The van der Waals surface area contributed by atoms with Crippen molar-refractivity contribution in [3.05, 3.63) is 31.8 Å². The van der Waals surface area contributed by atoms with Gasteiger partial charge in [-0.3, -0.25) is 4.79 Å². The average molecular weight is 452 g/mol. The third-order valence-corrected chi connectivity index (χ3v) is 4.58. The lowest BCUT2D eigenvalue weighted by atomic mass is 9.98. The zero-order chi connectivity index (χ0) is 15.1. The number of nitrogens with zero attached hydrogens (tertiary/aromatic N) is 1. The Balaban J connectivity index is 2.31. The highest BCUT2D eigenvalue weighted by molar-refractivity contribution is 14.1. The summed E-state index contributed by atoms with van der Waals surface area (Å²) < 4.78 is 7.92. The number of benzene rings is 1. The molecule has 1 aliphatic heterocycles. The van der Waals surface area contributed by atoms with E-state index in [0.29, 0.717) is 13.1 Å². The van der Waals surface area contributed by atoms with Crippen LogP contribution in [0.3, 0.4) is 0 Å². The molecule has 0 unspecified atom stereocenters. The Labute approximate surface area is 142 Å². The van der Waals surface area contributed by atoms with Gasteiger partial charge in [-0.25, -0.2) is 0 Å². The smallest absolute Gasteiger partial charge is 0.255 e. The molecule has 1 aliphatic rings. The van der Waals surface area contributed by atoms with Crippen molar-refractivity contribution in [2.75, 3.05) is 13.1 Å². The first-order valence-electron chi connectivity index (χ1n) is 6.54. The molecule has 0 N–H and O–H groups in total. The molecule has 1 aromatic rings. The molecule has 1 saturated heterocycles. The number of halogens is 2. The maximum Gasteiger partial charge on any atom is 0.255 e. The zero-order valence-corrected chi connectivity index (χ0v) is 15.9. The van der Waals surface area contributed by atoms with Gasteiger partial charge < -0.3 is 9.64 Å². The lowest BCUT2D eigenvalue weighted by Crippen LogP contribution is -2.58. The maximum atomic E-state index is 12.8. The van der Waals surface area contributed by atoms with Gasteiger partial charge >= 0.3 is 0 Å². The van der Waals surface area contributed by atoms with Crippen molar-refractivity contribution in [2.45, 2.75) is 38.9 Å². The molecular formula is C15H19BrINO2. The molecule has 0 radical (unpaired) electrons. The second kappa shape index (κ2) is 5.57. The Bertz CT molecular complexity index is 527. The topological polar surface area (TPSA) is 29.5 Å². The number of ether oxygens (including phenoxy) is 1. The van der Waals surface area contributed by atoms with Crippen LogP contribution in [0.4, 0.5) is 0 Å². The van der Waals surface area contributed by atoms with Gasteiger partial charge in [-0.1, -0.05) is 15.9 Å². The van der Waals surface area contributed by atoms with Crippen LogP contribution in [0.5, 0.6) is 0 Å². The Hall–Kier alpha value is -0.140. The van der Waals surface area contributed by atoms with Crippen molar-refractivity contribution in [1.82, 2.24) is 4.90 Å². The van der Waals surface area contributed by atoms with Gasteiger partial charge in [0.15, 0.2) is 0 Å². The number of hydrogen-bond acceptors (Lipinski definition) is 2. The summed E-state index contributed by atoms with van der Waals surface area (Å²) in [7, 11) is 0. The molecule has 0 atom stereocenters. The minimum Gasteiger partial charge on any atom is -0.366 e. The van der Waals surface area contributed by atoms with E-state index in [9.17, 15) is 4.79 Å². The highest BCUT2D eigenvalue weighted by atomic mass is 127. The fourth-order valence-electron chi connectivity index (χ4n) is 2.76. The lowest BCUT2D eigenvalue weighted by molar-refractivity contribution is -0.171. The van der Waals surface area contributed by atoms with Gasteiger partial charge in [-0.15, -0.1) is 0 Å². The van der Waals surface area contributed by atoms with Crippen molar-refractivity contribution in [2.24, 2.45) is 0 Å². The van der Waals surface area contributed by atoms with Crippen molar-refractivity contribution in [1.29, 1.82) is 0 Å². The van der Waals surface area contributed by atoms with Gasteiger partial charge in [-0.05, 0) is 68.5 Å². The van der Waals surface area contributed by atoms with E-state index >= 15 is 0 Å². The highest BCUT2D eigenvalue weighted by Gasteiger charge is 2.40. The molecule has 0 aliphatic carbocycles. The molecule has 1 heterocycles. The molecule has 5 heteroatoms. The van der Waals surface area contributed by atoms with Gasteiger partial charge in [0.1, 0.15) is 0 Å². The largest absolute Gasteiger partial charge is 0.366 e. The lowest BCUT2D eigenvalue weighted by Gasteiger charge is -2.47. The van der Waals surface area contributed by atoms with E-state index in [4.69, 9.17) is 4.74 Å². The monoisotopic (exact) mass is 451 g/mol. The molecule has 1 aromatic carbocycles. The predicted molar refractivity (Wildman–Crippen MR) is 92.0 cm³/mol. The standard InChI is InChI=1S/C15H19BrINO2/c1-14(2)8-18(9-15(3,4)20-14)13(19)11-7-10(16)5-6-12(11)17/h5-7H,8-9H2,1-4H3. The van der Waals surface area contributed by atoms with Gasteiger partial charge in [0.25, 0.3) is 5.91 Å². The van der Waals surface area contributed by atoms with Gasteiger partial charge in [0, 0.05) is 21.1 Å². The Kier molecular flexibility index (Phi) is 4.52. The number of rotatable bonds is 1. The van der Waals surface area contributed by atoms with Crippen molar-refractivity contribution in [3.8, 4) is 0 Å². The predicted octanol–water partition coefficient (Wildman–Crippen LogP) is 4.08. The third-order valence-electron chi connectivity index (χ3n) is 3.14. The van der Waals surface area contributed by atoms with Crippen LogP contribution in [-0.4, -0.2) is 35.1 Å². The molecule has 3 nitrogen and oxygen atoms in total. The van der Waals surface area contributed by atoms with Crippen LogP contribution in [0.25, 0.3) is 0 Å². The van der Waals surface area contributed by atoms with Crippen molar-refractivity contribution >= 4 is 44.4 Å². The van der Waals surface area contributed by atoms with Crippen LogP contribution in [0.15, 0.2) is 22.7 Å². The molecule has 0 saturated carbocycles. The van der Waals surface area contributed by atoms with E-state index in [1.165, 1.54) is 0 Å². The molecular weight excluding hydrogens is 433 g/mol. The summed E-state index contributed by atoms with van der Waals surface area (Å²) >= 11 is 5.64. The van der Waals surface area contributed by atoms with Crippen LogP contribution in [0, 0.1) is 3.57 Å². The molecule has 0 bridgehead atoms. The Morgan fingerprint density at radius 2 is 1.80 bits per heavy atom. The highest BCUT2D eigenvalue weighted by Crippen LogP contribution is 2.30. The van der Waals surface area contributed by atoms with Crippen LogP contribution >= 0.6 is 38.5 Å². The normalized spacial score (nSPS) is 20.8. The van der Waals surface area contributed by atoms with Crippen LogP contribution in [-0.2, 0) is 4.74 Å². The summed E-state index contributed by atoms with van der Waals surface area (Å²) in [6, 6.07) is 5.79. The van der Waals surface area contributed by atoms with Gasteiger partial charge in [-0.2, -0.15) is 0 Å². The quantitative estimate of drug-likeness (QED) is 0.602. The van der Waals surface area contributed by atoms with Gasteiger partial charge in [0.2, 0.25) is 0 Å². The fourth-order valence-corrected chi connectivity index (χ4v) is 3.69. The number of carbonyl (C=O) groups is 1. The van der Waals surface area contributed by atoms with E-state index < -0.39 is 0 Å². The Morgan fingerprint density at radius 1 is 1.25 bits per heavy atom. The van der Waals surface area contributed by atoms with E-state index in [1.54, 1.807) is 0 Å². The second-order valence-corrected chi connectivity index (χ2v) is 8.48. The molecule has 1 fully saturated rings. The summed E-state index contributed by atoms with van der Waals surface area (Å²) in [6.07, 6.45) is 0. The summed E-state index contributed by atoms with van der Waals surface area (Å²) in [6.45, 7) is 9.33. The molecule has 20 heavy (non-hydrogen) atoms. The van der Waals surface area contributed by atoms with Crippen LogP contribution in [0.1, 0.15) is 38.1 Å². The molecule has 0 spiro atoms. The van der Waals surface area contributed by atoms with Crippen LogP contribution in [0.2, 0.25) is 0 Å². The SMILES string of the molecule is CC1(C)CN(C(=O)c2cc(Br)ccc2I)CC(C)(C)O1. The van der Waals surface area contributed by atoms with Crippen molar-refractivity contribution in [3.63, 3.8) is 0 Å². The number of amides is 1. The van der Waals surface area contributed by atoms with Crippen LogP contribution < -0.4 is 0 Å². The molecule has 1 amide bonds. The summed E-state index contributed by atoms with van der Waals surface area (Å²) in [4.78, 5) is 14.7. The van der Waals surface area contributed by atoms with E-state index in [0.717, 1.165) is 13.6 Å². The zero-order valence-electron chi connectivity index (χ0n) is 12.2. The fraction of sp³-hybridized carbons (Fsp3) is 0.533. The van der Waals surface area contributed by atoms with E-state index in [-0.39, 0.29) is 17.1 Å². The third kappa shape index (κ3) is 3.74. The first kappa shape index (κ1) is 16.2. The van der Waals surface area contributed by atoms with Crippen molar-refractivity contribution < 1.29 is 9.53 Å². The average Bonchev–Trinajstić information content (AvgIpc) is 2.27. The minimum absolute atomic E-state index is 0.0696. The maximum absolute atomic E-state index is 12.8. The summed E-state index contributed by atoms with van der Waals surface area (Å²) in [5, 5.41) is 0. The second-order valence-electron chi connectivity index (χ2n) is 6.41. The molecule has 2 rings (SSSR count). The molecule has 0 aromatic heterocycles. The first-order chi connectivity index (χ1) is 9.10.